The van der Waals surface area contributed by atoms with Gasteiger partial charge in [0.25, 0.3) is 11.5 Å². The van der Waals surface area contributed by atoms with E-state index in [-0.39, 0.29) is 11.5 Å². The van der Waals surface area contributed by atoms with E-state index in [4.69, 9.17) is 11.6 Å². The lowest BCUT2D eigenvalue weighted by molar-refractivity contribution is 0.0950. The van der Waals surface area contributed by atoms with E-state index in [0.29, 0.717) is 30.0 Å². The Morgan fingerprint density at radius 2 is 1.67 bits per heavy atom. The Bertz CT molecular complexity index is 1600. The van der Waals surface area contributed by atoms with Crippen LogP contribution in [0.5, 0.6) is 0 Å². The third-order valence-corrected chi connectivity index (χ3v) is 6.19. The zero-order valence-corrected chi connectivity index (χ0v) is 20.1. The first-order chi connectivity index (χ1) is 17.5. The summed E-state index contributed by atoms with van der Waals surface area (Å²) in [5.41, 5.74) is 5.01. The monoisotopic (exact) mass is 494 g/mol. The highest BCUT2D eigenvalue weighted by molar-refractivity contribution is 6.31. The summed E-state index contributed by atoms with van der Waals surface area (Å²) in [4.78, 5) is 36.0. The van der Waals surface area contributed by atoms with Crippen LogP contribution in [0, 0.1) is 0 Å². The van der Waals surface area contributed by atoms with E-state index in [2.05, 4.69) is 20.3 Å². The minimum Gasteiger partial charge on any atom is -0.346 e. The number of nitrogens with one attached hydrogen (secondary N) is 2. The molecule has 6 nitrogen and oxygen atoms in total. The van der Waals surface area contributed by atoms with Crippen LogP contribution in [0.3, 0.4) is 0 Å². The molecule has 2 N–H and O–H groups in total. The molecule has 0 atom stereocenters. The predicted octanol–water partition coefficient (Wildman–Crippen LogP) is 5.08. The molecule has 0 unspecified atom stereocenters. The molecule has 0 aliphatic heterocycles. The zero-order chi connectivity index (χ0) is 24.9. The average Bonchev–Trinajstić information content (AvgIpc) is 2.89. The van der Waals surface area contributed by atoms with Crippen LogP contribution in [0.2, 0.25) is 5.02 Å². The van der Waals surface area contributed by atoms with Crippen molar-refractivity contribution in [2.45, 2.75) is 19.4 Å². The number of pyridine rings is 3. The number of fused-ring (bicyclic) bond motifs is 1. The smallest absolute Gasteiger partial charge is 0.253 e. The van der Waals surface area contributed by atoms with Gasteiger partial charge in [0.1, 0.15) is 0 Å². The second-order valence-electron chi connectivity index (χ2n) is 8.63. The van der Waals surface area contributed by atoms with Crippen molar-refractivity contribution < 1.29 is 4.79 Å². The quantitative estimate of drug-likeness (QED) is 0.330. The van der Waals surface area contributed by atoms with Gasteiger partial charge in [-0.05, 0) is 58.8 Å². The molecule has 7 heteroatoms. The van der Waals surface area contributed by atoms with Gasteiger partial charge in [-0.1, -0.05) is 48.0 Å². The molecule has 2 aromatic carbocycles. The lowest BCUT2D eigenvalue weighted by Crippen LogP contribution is -2.23. The van der Waals surface area contributed by atoms with Crippen molar-refractivity contribution in [2.75, 3.05) is 0 Å². The van der Waals surface area contributed by atoms with E-state index < -0.39 is 0 Å². The molecule has 5 aromatic rings. The van der Waals surface area contributed by atoms with Crippen molar-refractivity contribution in [3.8, 4) is 0 Å². The standard InChI is InChI=1S/C29H23ClN4O2/c30-26-8-7-23-17-33-27(14-24(23)13-26)18-34-29(36)25-12-21(15-31-16-25)10-19-3-5-20(6-4-19)11-22-2-1-9-32-28(22)35/h1-9,12-17H,10-11,18H2,(H,32,35)(H,34,36). The highest BCUT2D eigenvalue weighted by Crippen LogP contribution is 2.19. The molecule has 0 aliphatic carbocycles. The van der Waals surface area contributed by atoms with E-state index in [1.165, 1.54) is 0 Å². The summed E-state index contributed by atoms with van der Waals surface area (Å²) in [6.45, 7) is 0.303. The van der Waals surface area contributed by atoms with Gasteiger partial charge in [-0.2, -0.15) is 0 Å². The molecule has 0 aliphatic rings. The van der Waals surface area contributed by atoms with Gasteiger partial charge in [0, 0.05) is 47.2 Å². The zero-order valence-electron chi connectivity index (χ0n) is 19.4. The Morgan fingerprint density at radius 3 is 2.47 bits per heavy atom. The van der Waals surface area contributed by atoms with E-state index in [1.54, 1.807) is 24.8 Å². The minimum atomic E-state index is -0.208. The molecular formula is C29H23ClN4O2. The second kappa shape index (κ2) is 10.5. The van der Waals surface area contributed by atoms with Crippen molar-refractivity contribution >= 4 is 28.3 Å². The van der Waals surface area contributed by atoms with Crippen molar-refractivity contribution in [3.63, 3.8) is 0 Å². The Kier molecular flexibility index (Phi) is 6.87. The first-order valence-corrected chi connectivity index (χ1v) is 11.9. The largest absolute Gasteiger partial charge is 0.346 e. The number of aromatic amines is 1. The molecule has 0 fully saturated rings. The summed E-state index contributed by atoms with van der Waals surface area (Å²) in [5, 5.41) is 5.55. The van der Waals surface area contributed by atoms with Crippen molar-refractivity contribution in [1.29, 1.82) is 0 Å². The van der Waals surface area contributed by atoms with E-state index in [9.17, 15) is 9.59 Å². The molecule has 5 rings (SSSR count). The molecule has 0 saturated carbocycles. The normalized spacial score (nSPS) is 10.9. The number of halogens is 1. The second-order valence-corrected chi connectivity index (χ2v) is 9.06. The summed E-state index contributed by atoms with van der Waals surface area (Å²) < 4.78 is 0. The maximum absolute atomic E-state index is 12.8. The number of hydrogen-bond donors (Lipinski definition) is 2. The van der Waals surface area contributed by atoms with Gasteiger partial charge >= 0.3 is 0 Å². The van der Waals surface area contributed by atoms with Crippen LogP contribution in [-0.4, -0.2) is 20.9 Å². The first-order valence-electron chi connectivity index (χ1n) is 11.5. The predicted molar refractivity (Wildman–Crippen MR) is 141 cm³/mol. The van der Waals surface area contributed by atoms with Crippen molar-refractivity contribution in [1.82, 2.24) is 20.3 Å². The number of benzene rings is 2. The fraction of sp³-hybridized carbons (Fsp3) is 0.103. The van der Waals surface area contributed by atoms with E-state index >= 15 is 0 Å². The molecule has 178 valence electrons. The average molecular weight is 495 g/mol. The van der Waals surface area contributed by atoms with Crippen LogP contribution < -0.4 is 10.9 Å². The van der Waals surface area contributed by atoms with Crippen LogP contribution >= 0.6 is 11.6 Å². The lowest BCUT2D eigenvalue weighted by Gasteiger charge is -2.08. The molecular weight excluding hydrogens is 472 g/mol. The molecule has 36 heavy (non-hydrogen) atoms. The van der Waals surface area contributed by atoms with Crippen LogP contribution in [0.4, 0.5) is 0 Å². The number of H-pyrrole nitrogens is 1. The molecule has 0 spiro atoms. The molecule has 0 bridgehead atoms. The van der Waals surface area contributed by atoms with Gasteiger partial charge in [-0.25, -0.2) is 0 Å². The number of carbonyl (C=O) groups is 1. The summed E-state index contributed by atoms with van der Waals surface area (Å²) in [6.07, 6.45) is 7.96. The lowest BCUT2D eigenvalue weighted by atomic mass is 10.0. The van der Waals surface area contributed by atoms with Crippen LogP contribution in [0.15, 0.2) is 96.3 Å². The Balaban J connectivity index is 1.22. The highest BCUT2D eigenvalue weighted by Gasteiger charge is 2.09. The van der Waals surface area contributed by atoms with Crippen molar-refractivity contribution in [3.05, 3.63) is 140 Å². The highest BCUT2D eigenvalue weighted by atomic mass is 35.5. The van der Waals surface area contributed by atoms with Crippen molar-refractivity contribution in [2.24, 2.45) is 0 Å². The number of aromatic nitrogens is 3. The molecule has 3 aromatic heterocycles. The molecule has 1 amide bonds. The molecule has 3 heterocycles. The Hall–Kier alpha value is -4.29. The van der Waals surface area contributed by atoms with Gasteiger partial charge in [-0.15, -0.1) is 0 Å². The maximum Gasteiger partial charge on any atom is 0.253 e. The Morgan fingerprint density at radius 1 is 0.861 bits per heavy atom. The summed E-state index contributed by atoms with van der Waals surface area (Å²) >= 11 is 6.09. The topological polar surface area (TPSA) is 87.7 Å². The first kappa shape index (κ1) is 23.5. The van der Waals surface area contributed by atoms with Crippen LogP contribution in [0.1, 0.15) is 38.3 Å². The van der Waals surface area contributed by atoms with E-state index in [1.807, 2.05) is 66.7 Å². The number of amides is 1. The van der Waals surface area contributed by atoms with Crippen LogP contribution in [-0.2, 0) is 19.4 Å². The van der Waals surface area contributed by atoms with Gasteiger partial charge in [0.2, 0.25) is 0 Å². The number of carbonyl (C=O) groups excluding carboxylic acids is 1. The fourth-order valence-corrected chi connectivity index (χ4v) is 4.24. The number of nitrogens with zero attached hydrogens (tertiary/aromatic N) is 2. The third kappa shape index (κ3) is 5.67. The number of hydrogen-bond acceptors (Lipinski definition) is 4. The summed E-state index contributed by atoms with van der Waals surface area (Å²) in [5.74, 6) is -0.208. The fourth-order valence-electron chi connectivity index (χ4n) is 4.06. The number of rotatable bonds is 7. The van der Waals surface area contributed by atoms with E-state index in [0.717, 1.165) is 38.7 Å². The summed E-state index contributed by atoms with van der Waals surface area (Å²) in [6, 6.07) is 21.2. The minimum absolute atomic E-state index is 0.0662. The SMILES string of the molecule is O=C(NCc1cc2cc(Cl)ccc2cn1)c1cncc(Cc2ccc(Cc3ccc[nH]c3=O)cc2)c1. The molecule has 0 radical (unpaired) electrons. The van der Waals surface area contributed by atoms with Gasteiger partial charge in [0.15, 0.2) is 0 Å². The van der Waals surface area contributed by atoms with Gasteiger partial charge in [-0.3, -0.25) is 19.6 Å². The molecule has 0 saturated heterocycles. The maximum atomic E-state index is 12.8. The Labute approximate surface area is 213 Å². The van der Waals surface area contributed by atoms with Gasteiger partial charge < -0.3 is 10.3 Å². The van der Waals surface area contributed by atoms with Crippen LogP contribution in [0.25, 0.3) is 10.8 Å². The third-order valence-electron chi connectivity index (χ3n) is 5.95. The van der Waals surface area contributed by atoms with Gasteiger partial charge in [0.05, 0.1) is 17.8 Å². The summed E-state index contributed by atoms with van der Waals surface area (Å²) in [7, 11) is 0.